The lowest BCUT2D eigenvalue weighted by atomic mass is 9.64. The Kier molecular flexibility index (Phi) is 4.62. The molecule has 0 saturated heterocycles. The Hall–Kier alpha value is -0.890. The van der Waals surface area contributed by atoms with Gasteiger partial charge in [-0.1, -0.05) is 51.8 Å². The average molecular weight is 263 g/mol. The van der Waals surface area contributed by atoms with Crippen LogP contribution in [0.5, 0.6) is 0 Å². The summed E-state index contributed by atoms with van der Waals surface area (Å²) in [6.07, 6.45) is 5.01. The van der Waals surface area contributed by atoms with Gasteiger partial charge in [0.2, 0.25) is 0 Å². The monoisotopic (exact) mass is 263 g/mol. The van der Waals surface area contributed by atoms with Crippen molar-refractivity contribution in [3.8, 4) is 0 Å². The van der Waals surface area contributed by atoms with Crippen molar-refractivity contribution in [3.05, 3.63) is 35.6 Å². The van der Waals surface area contributed by atoms with E-state index >= 15 is 0 Å². The van der Waals surface area contributed by atoms with E-state index in [0.29, 0.717) is 5.92 Å². The van der Waals surface area contributed by atoms with Crippen LogP contribution in [-0.4, -0.2) is 6.54 Å². The minimum Gasteiger partial charge on any atom is -0.310 e. The first-order valence-electron chi connectivity index (χ1n) is 7.54. The van der Waals surface area contributed by atoms with Crippen molar-refractivity contribution in [1.29, 1.82) is 0 Å². The molecular formula is C17H26FN. The number of benzene rings is 1. The van der Waals surface area contributed by atoms with Gasteiger partial charge < -0.3 is 5.32 Å². The lowest BCUT2D eigenvalue weighted by Crippen LogP contribution is -2.39. The van der Waals surface area contributed by atoms with Crippen LogP contribution in [-0.2, 0) is 0 Å². The minimum atomic E-state index is -0.0742. The fourth-order valence-electron chi connectivity index (χ4n) is 3.56. The van der Waals surface area contributed by atoms with Crippen molar-refractivity contribution in [1.82, 2.24) is 5.32 Å². The first kappa shape index (κ1) is 14.5. The van der Waals surface area contributed by atoms with E-state index in [9.17, 15) is 4.39 Å². The Morgan fingerprint density at radius 2 is 2.05 bits per heavy atom. The molecule has 0 amide bonds. The van der Waals surface area contributed by atoms with Crippen molar-refractivity contribution in [2.75, 3.05) is 6.54 Å². The number of rotatable bonds is 4. The molecule has 1 fully saturated rings. The van der Waals surface area contributed by atoms with Gasteiger partial charge in [-0.05, 0) is 36.8 Å². The third-order valence-corrected chi connectivity index (χ3v) is 4.66. The van der Waals surface area contributed by atoms with Gasteiger partial charge in [-0.15, -0.1) is 0 Å². The van der Waals surface area contributed by atoms with Gasteiger partial charge in [0.1, 0.15) is 5.82 Å². The molecule has 0 radical (unpaired) electrons. The molecular weight excluding hydrogens is 237 g/mol. The van der Waals surface area contributed by atoms with Crippen molar-refractivity contribution >= 4 is 0 Å². The molecule has 0 aromatic heterocycles. The highest BCUT2D eigenvalue weighted by Gasteiger charge is 2.38. The average Bonchev–Trinajstić information content (AvgIpc) is 2.37. The molecule has 1 aromatic rings. The predicted molar refractivity (Wildman–Crippen MR) is 78.6 cm³/mol. The second-order valence-electron chi connectivity index (χ2n) is 6.40. The van der Waals surface area contributed by atoms with E-state index in [0.717, 1.165) is 12.1 Å². The van der Waals surface area contributed by atoms with Gasteiger partial charge in [-0.25, -0.2) is 4.39 Å². The van der Waals surface area contributed by atoms with E-state index in [1.807, 2.05) is 12.1 Å². The summed E-state index contributed by atoms with van der Waals surface area (Å²) in [4.78, 5) is 0. The van der Waals surface area contributed by atoms with E-state index < -0.39 is 0 Å². The smallest absolute Gasteiger partial charge is 0.127 e. The van der Waals surface area contributed by atoms with E-state index in [1.165, 1.54) is 25.7 Å². The Bertz CT molecular complexity index is 413. The van der Waals surface area contributed by atoms with Crippen molar-refractivity contribution in [2.24, 2.45) is 11.3 Å². The molecule has 2 rings (SSSR count). The maximum atomic E-state index is 14.1. The third kappa shape index (κ3) is 3.17. The zero-order valence-corrected chi connectivity index (χ0v) is 12.4. The number of hydrogen-bond donors (Lipinski definition) is 1. The van der Waals surface area contributed by atoms with Gasteiger partial charge in [0, 0.05) is 11.6 Å². The van der Waals surface area contributed by atoms with Gasteiger partial charge in [0.15, 0.2) is 0 Å². The molecule has 2 heteroatoms. The Morgan fingerprint density at radius 1 is 1.32 bits per heavy atom. The van der Waals surface area contributed by atoms with Crippen LogP contribution in [0.4, 0.5) is 4.39 Å². The number of hydrogen-bond acceptors (Lipinski definition) is 1. The lowest BCUT2D eigenvalue weighted by molar-refractivity contribution is 0.0974. The van der Waals surface area contributed by atoms with Crippen LogP contribution in [0.25, 0.3) is 0 Å². The molecule has 1 aliphatic carbocycles. The normalized spacial score (nSPS) is 24.1. The van der Waals surface area contributed by atoms with Crippen LogP contribution in [0.1, 0.15) is 58.1 Å². The van der Waals surface area contributed by atoms with E-state index in [1.54, 1.807) is 12.1 Å². The quantitative estimate of drug-likeness (QED) is 0.830. The number of nitrogens with one attached hydrogen (secondary N) is 1. The highest BCUT2D eigenvalue weighted by atomic mass is 19.1. The van der Waals surface area contributed by atoms with Crippen molar-refractivity contribution < 1.29 is 4.39 Å². The van der Waals surface area contributed by atoms with Crippen LogP contribution < -0.4 is 5.32 Å². The Labute approximate surface area is 116 Å². The van der Waals surface area contributed by atoms with Gasteiger partial charge in [-0.2, -0.15) is 0 Å². The molecule has 0 spiro atoms. The Balaban J connectivity index is 2.32. The molecule has 2 unspecified atom stereocenters. The van der Waals surface area contributed by atoms with Gasteiger partial charge >= 0.3 is 0 Å². The second kappa shape index (κ2) is 6.04. The summed E-state index contributed by atoms with van der Waals surface area (Å²) < 4.78 is 14.1. The highest BCUT2D eigenvalue weighted by Crippen LogP contribution is 2.47. The van der Waals surface area contributed by atoms with Crippen LogP contribution >= 0.6 is 0 Å². The Morgan fingerprint density at radius 3 is 2.68 bits per heavy atom. The summed E-state index contributed by atoms with van der Waals surface area (Å²) in [7, 11) is 0. The molecule has 1 nitrogen and oxygen atoms in total. The standard InChI is InChI=1S/C17H26FN/c1-4-19-16(13-9-5-6-11-15(13)18)14-10-7-8-12-17(14,2)3/h5-6,9,11,14,16,19H,4,7-8,10,12H2,1-3H3. The molecule has 1 aromatic carbocycles. The largest absolute Gasteiger partial charge is 0.310 e. The SMILES string of the molecule is CCNC(c1ccccc1F)C1CCCCC1(C)C. The van der Waals surface area contributed by atoms with Gasteiger partial charge in [0.05, 0.1) is 0 Å². The molecule has 1 N–H and O–H groups in total. The van der Waals surface area contributed by atoms with Crippen LogP contribution in [0.3, 0.4) is 0 Å². The van der Waals surface area contributed by atoms with Crippen molar-refractivity contribution in [2.45, 2.75) is 52.5 Å². The van der Waals surface area contributed by atoms with E-state index in [4.69, 9.17) is 0 Å². The summed E-state index contributed by atoms with van der Waals surface area (Å²) in [6, 6.07) is 7.37. The lowest BCUT2D eigenvalue weighted by Gasteiger charge is -2.43. The topological polar surface area (TPSA) is 12.0 Å². The van der Waals surface area contributed by atoms with Gasteiger partial charge in [0.25, 0.3) is 0 Å². The molecule has 0 heterocycles. The summed E-state index contributed by atoms with van der Waals surface area (Å²) in [5, 5.41) is 3.53. The molecule has 1 saturated carbocycles. The molecule has 106 valence electrons. The fraction of sp³-hybridized carbons (Fsp3) is 0.647. The highest BCUT2D eigenvalue weighted by molar-refractivity contribution is 5.23. The first-order valence-corrected chi connectivity index (χ1v) is 7.54. The zero-order chi connectivity index (χ0) is 13.9. The molecule has 0 bridgehead atoms. The summed E-state index contributed by atoms with van der Waals surface area (Å²) in [6.45, 7) is 7.65. The first-order chi connectivity index (χ1) is 9.06. The third-order valence-electron chi connectivity index (χ3n) is 4.66. The fourth-order valence-corrected chi connectivity index (χ4v) is 3.56. The zero-order valence-electron chi connectivity index (χ0n) is 12.4. The summed E-state index contributed by atoms with van der Waals surface area (Å²) >= 11 is 0. The second-order valence-corrected chi connectivity index (χ2v) is 6.40. The van der Waals surface area contributed by atoms with E-state index in [2.05, 4.69) is 26.1 Å². The number of halogens is 1. The molecule has 0 aliphatic heterocycles. The van der Waals surface area contributed by atoms with E-state index in [-0.39, 0.29) is 17.3 Å². The predicted octanol–water partition coefficient (Wildman–Crippen LogP) is 4.69. The summed E-state index contributed by atoms with van der Waals surface area (Å²) in [5.74, 6) is 0.438. The van der Waals surface area contributed by atoms with Gasteiger partial charge in [-0.3, -0.25) is 0 Å². The van der Waals surface area contributed by atoms with Crippen LogP contribution in [0, 0.1) is 17.2 Å². The maximum absolute atomic E-state index is 14.1. The maximum Gasteiger partial charge on any atom is 0.127 e. The minimum absolute atomic E-state index is 0.0742. The molecule has 1 aliphatic rings. The molecule has 2 atom stereocenters. The van der Waals surface area contributed by atoms with Crippen LogP contribution in [0.15, 0.2) is 24.3 Å². The summed E-state index contributed by atoms with van der Waals surface area (Å²) in [5.41, 5.74) is 1.12. The van der Waals surface area contributed by atoms with Crippen LogP contribution in [0.2, 0.25) is 0 Å². The molecule has 19 heavy (non-hydrogen) atoms. The van der Waals surface area contributed by atoms with Crippen molar-refractivity contribution in [3.63, 3.8) is 0 Å².